The van der Waals surface area contributed by atoms with Crippen molar-refractivity contribution >= 4 is 11.7 Å². The number of ether oxygens (including phenoxy) is 2. The Hall–Kier alpha value is -2.69. The second-order valence-electron chi connectivity index (χ2n) is 5.50. The number of benzene rings is 2. The standard InChI is InChI=1S/C17H18N2O3/c1-17(12-7-5-4-6-8-12)21-14-10-9-13(11-15(14)22-17)18-16(20)19(2)3/h4-11H,1-3H3,(H,18,20). The molecule has 5 nitrogen and oxygen atoms in total. The number of nitrogens with zero attached hydrogens (tertiary/aromatic N) is 1. The molecule has 1 heterocycles. The van der Waals surface area contributed by atoms with E-state index in [9.17, 15) is 4.79 Å². The Balaban J connectivity index is 1.83. The van der Waals surface area contributed by atoms with Crippen molar-refractivity contribution in [3.05, 3.63) is 54.1 Å². The Kier molecular flexibility index (Phi) is 3.41. The van der Waals surface area contributed by atoms with E-state index in [0.717, 1.165) is 5.56 Å². The van der Waals surface area contributed by atoms with Gasteiger partial charge < -0.3 is 19.7 Å². The van der Waals surface area contributed by atoms with Crippen LogP contribution in [0.5, 0.6) is 11.5 Å². The summed E-state index contributed by atoms with van der Waals surface area (Å²) in [6.45, 7) is 1.88. The van der Waals surface area contributed by atoms with E-state index in [1.54, 1.807) is 32.3 Å². The van der Waals surface area contributed by atoms with Crippen LogP contribution in [-0.2, 0) is 5.79 Å². The maximum absolute atomic E-state index is 11.7. The van der Waals surface area contributed by atoms with Crippen LogP contribution in [-0.4, -0.2) is 25.0 Å². The second kappa shape index (κ2) is 5.26. The molecule has 114 valence electrons. The molecule has 0 bridgehead atoms. The molecular formula is C17H18N2O3. The summed E-state index contributed by atoms with van der Waals surface area (Å²) in [5, 5.41) is 2.79. The first kappa shape index (κ1) is 14.3. The summed E-state index contributed by atoms with van der Waals surface area (Å²) >= 11 is 0. The van der Waals surface area contributed by atoms with Crippen molar-refractivity contribution < 1.29 is 14.3 Å². The van der Waals surface area contributed by atoms with Crippen molar-refractivity contribution in [2.75, 3.05) is 19.4 Å². The fourth-order valence-corrected chi connectivity index (χ4v) is 2.28. The summed E-state index contributed by atoms with van der Waals surface area (Å²) in [7, 11) is 3.38. The third kappa shape index (κ3) is 2.57. The van der Waals surface area contributed by atoms with Gasteiger partial charge in [0.25, 0.3) is 5.79 Å². The Morgan fingerprint density at radius 2 is 1.73 bits per heavy atom. The average Bonchev–Trinajstić information content (AvgIpc) is 2.85. The minimum Gasteiger partial charge on any atom is -0.445 e. The first-order valence-corrected chi connectivity index (χ1v) is 7.04. The van der Waals surface area contributed by atoms with Gasteiger partial charge in [-0.15, -0.1) is 0 Å². The number of amides is 2. The van der Waals surface area contributed by atoms with E-state index in [1.165, 1.54) is 4.90 Å². The predicted octanol–water partition coefficient (Wildman–Crippen LogP) is 3.42. The average molecular weight is 298 g/mol. The highest BCUT2D eigenvalue weighted by molar-refractivity contribution is 5.89. The van der Waals surface area contributed by atoms with Gasteiger partial charge in [0.1, 0.15) is 0 Å². The lowest BCUT2D eigenvalue weighted by Crippen LogP contribution is -2.31. The lowest BCUT2D eigenvalue weighted by Gasteiger charge is -2.23. The smallest absolute Gasteiger partial charge is 0.321 e. The molecule has 1 unspecified atom stereocenters. The minimum absolute atomic E-state index is 0.190. The van der Waals surface area contributed by atoms with Crippen molar-refractivity contribution in [3.8, 4) is 11.5 Å². The van der Waals surface area contributed by atoms with E-state index >= 15 is 0 Å². The van der Waals surface area contributed by atoms with Crippen LogP contribution in [0.3, 0.4) is 0 Å². The van der Waals surface area contributed by atoms with E-state index in [0.29, 0.717) is 17.2 Å². The van der Waals surface area contributed by atoms with Crippen LogP contribution in [0.1, 0.15) is 12.5 Å². The van der Waals surface area contributed by atoms with Crippen LogP contribution >= 0.6 is 0 Å². The van der Waals surface area contributed by atoms with Crippen LogP contribution in [0.25, 0.3) is 0 Å². The van der Waals surface area contributed by atoms with Crippen LogP contribution in [0.15, 0.2) is 48.5 Å². The zero-order valence-electron chi connectivity index (χ0n) is 12.8. The molecule has 3 rings (SSSR count). The molecule has 0 radical (unpaired) electrons. The summed E-state index contributed by atoms with van der Waals surface area (Å²) in [6.07, 6.45) is 0. The molecule has 2 aromatic rings. The Morgan fingerprint density at radius 3 is 2.41 bits per heavy atom. The zero-order valence-corrected chi connectivity index (χ0v) is 12.8. The lowest BCUT2D eigenvalue weighted by molar-refractivity contribution is -0.0680. The Bertz CT molecular complexity index is 700. The Labute approximate surface area is 129 Å². The number of fused-ring (bicyclic) bond motifs is 1. The molecule has 0 aromatic heterocycles. The van der Waals surface area contributed by atoms with Gasteiger partial charge in [0, 0.05) is 38.3 Å². The van der Waals surface area contributed by atoms with E-state index < -0.39 is 5.79 Å². The largest absolute Gasteiger partial charge is 0.445 e. The zero-order chi connectivity index (χ0) is 15.7. The van der Waals surface area contributed by atoms with Gasteiger partial charge in [0.2, 0.25) is 0 Å². The minimum atomic E-state index is -0.853. The number of nitrogens with one attached hydrogen (secondary N) is 1. The SMILES string of the molecule is CN(C)C(=O)Nc1ccc2c(c1)OC(C)(c1ccccc1)O2. The molecule has 2 amide bonds. The normalized spacial score (nSPS) is 18.9. The first-order valence-electron chi connectivity index (χ1n) is 7.04. The maximum Gasteiger partial charge on any atom is 0.321 e. The second-order valence-corrected chi connectivity index (χ2v) is 5.50. The molecule has 22 heavy (non-hydrogen) atoms. The van der Waals surface area contributed by atoms with Gasteiger partial charge >= 0.3 is 6.03 Å². The summed E-state index contributed by atoms with van der Waals surface area (Å²) in [5.41, 5.74) is 1.60. The molecule has 1 atom stereocenters. The number of urea groups is 1. The summed E-state index contributed by atoms with van der Waals surface area (Å²) in [6, 6.07) is 14.9. The molecule has 2 aromatic carbocycles. The van der Waals surface area contributed by atoms with E-state index in [2.05, 4.69) is 5.32 Å². The first-order chi connectivity index (χ1) is 10.5. The van der Waals surface area contributed by atoms with Crippen molar-refractivity contribution in [2.24, 2.45) is 0 Å². The highest BCUT2D eigenvalue weighted by atomic mass is 16.7. The van der Waals surface area contributed by atoms with Crippen molar-refractivity contribution in [1.82, 2.24) is 4.90 Å². The summed E-state index contributed by atoms with van der Waals surface area (Å²) in [5.74, 6) is 0.422. The Morgan fingerprint density at radius 1 is 1.05 bits per heavy atom. The van der Waals surface area contributed by atoms with E-state index in [1.807, 2.05) is 37.3 Å². The molecule has 0 spiro atoms. The molecule has 0 aliphatic carbocycles. The van der Waals surface area contributed by atoms with Gasteiger partial charge in [-0.2, -0.15) is 0 Å². The molecule has 0 saturated heterocycles. The molecule has 1 N–H and O–H groups in total. The number of carbonyl (C=O) groups excluding carboxylic acids is 1. The molecule has 0 saturated carbocycles. The van der Waals surface area contributed by atoms with Gasteiger partial charge in [-0.05, 0) is 12.1 Å². The molecule has 0 fully saturated rings. The van der Waals surface area contributed by atoms with E-state index in [-0.39, 0.29) is 6.03 Å². The number of hydrogen-bond acceptors (Lipinski definition) is 3. The fraction of sp³-hybridized carbons (Fsp3) is 0.235. The van der Waals surface area contributed by atoms with Gasteiger partial charge in [-0.25, -0.2) is 4.79 Å². The lowest BCUT2D eigenvalue weighted by atomic mass is 10.1. The number of hydrogen-bond donors (Lipinski definition) is 1. The number of rotatable bonds is 2. The van der Waals surface area contributed by atoms with E-state index in [4.69, 9.17) is 9.47 Å². The number of anilines is 1. The van der Waals surface area contributed by atoms with Gasteiger partial charge in [0.15, 0.2) is 11.5 Å². The predicted molar refractivity (Wildman–Crippen MR) is 84.2 cm³/mol. The molecule has 1 aliphatic heterocycles. The molecule has 5 heteroatoms. The monoisotopic (exact) mass is 298 g/mol. The van der Waals surface area contributed by atoms with Crippen LogP contribution in [0, 0.1) is 0 Å². The van der Waals surface area contributed by atoms with Crippen LogP contribution < -0.4 is 14.8 Å². The van der Waals surface area contributed by atoms with Gasteiger partial charge in [-0.1, -0.05) is 30.3 Å². The van der Waals surface area contributed by atoms with Crippen molar-refractivity contribution in [3.63, 3.8) is 0 Å². The van der Waals surface area contributed by atoms with Gasteiger partial charge in [0.05, 0.1) is 0 Å². The van der Waals surface area contributed by atoms with Crippen LogP contribution in [0.2, 0.25) is 0 Å². The topological polar surface area (TPSA) is 50.8 Å². The summed E-state index contributed by atoms with van der Waals surface area (Å²) < 4.78 is 11.9. The fourth-order valence-electron chi connectivity index (χ4n) is 2.28. The highest BCUT2D eigenvalue weighted by Crippen LogP contribution is 2.45. The third-order valence-electron chi connectivity index (χ3n) is 3.51. The quantitative estimate of drug-likeness (QED) is 0.924. The van der Waals surface area contributed by atoms with Crippen molar-refractivity contribution in [1.29, 1.82) is 0 Å². The van der Waals surface area contributed by atoms with Gasteiger partial charge in [-0.3, -0.25) is 0 Å². The van der Waals surface area contributed by atoms with Crippen LogP contribution in [0.4, 0.5) is 10.5 Å². The number of carbonyl (C=O) groups is 1. The molecular weight excluding hydrogens is 280 g/mol. The maximum atomic E-state index is 11.7. The molecule has 1 aliphatic rings. The van der Waals surface area contributed by atoms with Crippen molar-refractivity contribution in [2.45, 2.75) is 12.7 Å². The highest BCUT2D eigenvalue weighted by Gasteiger charge is 2.38. The third-order valence-corrected chi connectivity index (χ3v) is 3.51. The summed E-state index contributed by atoms with van der Waals surface area (Å²) in [4.78, 5) is 13.2.